The lowest BCUT2D eigenvalue weighted by atomic mass is 10.1. The summed E-state index contributed by atoms with van der Waals surface area (Å²) in [5.74, 6) is 0.603. The highest BCUT2D eigenvalue weighted by Gasteiger charge is 2.23. The highest BCUT2D eigenvalue weighted by molar-refractivity contribution is 5.76. The normalized spacial score (nSPS) is 18.3. The van der Waals surface area contributed by atoms with Crippen molar-refractivity contribution in [3.8, 4) is 5.75 Å². The quantitative estimate of drug-likeness (QED) is 0.826. The summed E-state index contributed by atoms with van der Waals surface area (Å²) in [5, 5.41) is 3.14. The summed E-state index contributed by atoms with van der Waals surface area (Å²) in [6, 6.07) is 5.85. The van der Waals surface area contributed by atoms with Crippen molar-refractivity contribution in [2.75, 3.05) is 13.7 Å². The highest BCUT2D eigenvalue weighted by atomic mass is 16.5. The van der Waals surface area contributed by atoms with E-state index in [1.165, 1.54) is 5.56 Å². The number of carbonyl (C=O) groups excluding carboxylic acids is 1. The van der Waals surface area contributed by atoms with Crippen LogP contribution in [0.15, 0.2) is 18.2 Å². The van der Waals surface area contributed by atoms with Gasteiger partial charge in [-0.25, -0.2) is 0 Å². The summed E-state index contributed by atoms with van der Waals surface area (Å²) >= 11 is 0. The number of methoxy groups -OCH3 is 1. The van der Waals surface area contributed by atoms with Crippen molar-refractivity contribution < 1.29 is 14.3 Å². The molecular weight excluding hydrogens is 242 g/mol. The molecule has 1 aromatic carbocycles. The van der Waals surface area contributed by atoms with Crippen molar-refractivity contribution in [2.45, 2.75) is 38.8 Å². The first kappa shape index (κ1) is 13.9. The number of rotatable bonds is 5. The molecule has 0 aromatic heterocycles. The van der Waals surface area contributed by atoms with Gasteiger partial charge in [0.1, 0.15) is 18.4 Å². The molecule has 1 fully saturated rings. The number of nitrogens with one attached hydrogen (secondary N) is 1. The van der Waals surface area contributed by atoms with Crippen LogP contribution in [0.1, 0.15) is 30.9 Å². The van der Waals surface area contributed by atoms with E-state index in [0.717, 1.165) is 37.1 Å². The Labute approximate surface area is 114 Å². The van der Waals surface area contributed by atoms with Crippen LogP contribution in [0.4, 0.5) is 0 Å². The molecule has 1 saturated heterocycles. The zero-order valence-electron chi connectivity index (χ0n) is 11.6. The number of hydrogen-bond acceptors (Lipinski definition) is 4. The largest absolute Gasteiger partial charge is 0.496 e. The summed E-state index contributed by atoms with van der Waals surface area (Å²) < 4.78 is 10.7. The third-order valence-corrected chi connectivity index (χ3v) is 3.47. The van der Waals surface area contributed by atoms with Gasteiger partial charge in [-0.3, -0.25) is 4.79 Å². The Bertz CT molecular complexity index is 439. The molecule has 104 valence electrons. The van der Waals surface area contributed by atoms with Crippen molar-refractivity contribution >= 4 is 5.97 Å². The Balaban J connectivity index is 1.99. The van der Waals surface area contributed by atoms with E-state index in [1.54, 1.807) is 7.11 Å². The van der Waals surface area contributed by atoms with Crippen molar-refractivity contribution in [3.63, 3.8) is 0 Å². The summed E-state index contributed by atoms with van der Waals surface area (Å²) in [4.78, 5) is 11.8. The van der Waals surface area contributed by atoms with Gasteiger partial charge in [-0.1, -0.05) is 13.0 Å². The topological polar surface area (TPSA) is 47.6 Å². The molecule has 0 amide bonds. The highest BCUT2D eigenvalue weighted by Crippen LogP contribution is 2.21. The molecule has 1 atom stereocenters. The fourth-order valence-electron chi connectivity index (χ4n) is 2.30. The molecule has 1 heterocycles. The van der Waals surface area contributed by atoms with Crippen LogP contribution >= 0.6 is 0 Å². The number of aryl methyl sites for hydroxylation is 1. The van der Waals surface area contributed by atoms with Crippen LogP contribution in [0.2, 0.25) is 0 Å². The predicted molar refractivity (Wildman–Crippen MR) is 73.2 cm³/mol. The molecule has 1 unspecified atom stereocenters. The van der Waals surface area contributed by atoms with Crippen LogP contribution in [0.3, 0.4) is 0 Å². The second-order valence-electron chi connectivity index (χ2n) is 4.76. The summed E-state index contributed by atoms with van der Waals surface area (Å²) in [6.45, 7) is 3.27. The van der Waals surface area contributed by atoms with Crippen molar-refractivity contribution in [1.82, 2.24) is 5.32 Å². The first-order chi connectivity index (χ1) is 9.24. The minimum atomic E-state index is -0.165. The van der Waals surface area contributed by atoms with E-state index >= 15 is 0 Å². The van der Waals surface area contributed by atoms with Crippen LogP contribution in [0, 0.1) is 0 Å². The second-order valence-corrected chi connectivity index (χ2v) is 4.76. The summed E-state index contributed by atoms with van der Waals surface area (Å²) in [5.41, 5.74) is 2.14. The van der Waals surface area contributed by atoms with E-state index in [4.69, 9.17) is 9.47 Å². The monoisotopic (exact) mass is 263 g/mol. The first-order valence-electron chi connectivity index (χ1n) is 6.80. The molecule has 0 bridgehead atoms. The standard InChI is InChI=1S/C15H21NO3/c1-3-11-6-7-14(18-2)12(9-11)10-19-15(17)13-5-4-8-16-13/h6-7,9,13,16H,3-5,8,10H2,1-2H3. The maximum atomic E-state index is 11.8. The molecule has 1 aliphatic rings. The van der Waals surface area contributed by atoms with Crippen LogP contribution in [-0.4, -0.2) is 25.7 Å². The SMILES string of the molecule is CCc1ccc(OC)c(COC(=O)C2CCCN2)c1. The molecule has 4 nitrogen and oxygen atoms in total. The second kappa shape index (κ2) is 6.57. The van der Waals surface area contributed by atoms with Gasteiger partial charge in [0.2, 0.25) is 0 Å². The molecular formula is C15H21NO3. The Morgan fingerprint density at radius 2 is 2.32 bits per heavy atom. The minimum absolute atomic E-state index is 0.139. The molecule has 0 spiro atoms. The van der Waals surface area contributed by atoms with Crippen LogP contribution in [0.5, 0.6) is 5.75 Å². The van der Waals surface area contributed by atoms with Crippen LogP contribution in [-0.2, 0) is 22.6 Å². The van der Waals surface area contributed by atoms with E-state index in [2.05, 4.69) is 12.2 Å². The lowest BCUT2D eigenvalue weighted by Crippen LogP contribution is -2.32. The van der Waals surface area contributed by atoms with Gasteiger partial charge in [0.05, 0.1) is 7.11 Å². The Hall–Kier alpha value is -1.55. The molecule has 4 heteroatoms. The molecule has 1 aromatic rings. The maximum Gasteiger partial charge on any atom is 0.323 e. The Morgan fingerprint density at radius 3 is 2.95 bits per heavy atom. The molecule has 0 saturated carbocycles. The summed E-state index contributed by atoms with van der Waals surface area (Å²) in [6.07, 6.45) is 2.86. The third-order valence-electron chi connectivity index (χ3n) is 3.47. The number of carbonyl (C=O) groups is 1. The van der Waals surface area contributed by atoms with E-state index in [1.807, 2.05) is 18.2 Å². The Kier molecular flexibility index (Phi) is 4.80. The lowest BCUT2D eigenvalue weighted by molar-refractivity contribution is -0.147. The molecule has 1 aliphatic heterocycles. The van der Waals surface area contributed by atoms with E-state index < -0.39 is 0 Å². The van der Waals surface area contributed by atoms with Crippen molar-refractivity contribution in [1.29, 1.82) is 0 Å². The maximum absolute atomic E-state index is 11.8. The zero-order chi connectivity index (χ0) is 13.7. The lowest BCUT2D eigenvalue weighted by Gasteiger charge is -2.13. The van der Waals surface area contributed by atoms with Crippen LogP contribution in [0.25, 0.3) is 0 Å². The van der Waals surface area contributed by atoms with Crippen molar-refractivity contribution in [2.24, 2.45) is 0 Å². The third kappa shape index (κ3) is 3.47. The number of ether oxygens (including phenoxy) is 2. The van der Waals surface area contributed by atoms with Gasteiger partial charge in [-0.15, -0.1) is 0 Å². The van der Waals surface area contributed by atoms with Gasteiger partial charge in [-0.05, 0) is 43.5 Å². The number of esters is 1. The fourth-order valence-corrected chi connectivity index (χ4v) is 2.30. The van der Waals surface area contributed by atoms with E-state index in [9.17, 15) is 4.79 Å². The first-order valence-corrected chi connectivity index (χ1v) is 6.80. The molecule has 0 aliphatic carbocycles. The van der Waals surface area contributed by atoms with Gasteiger partial charge in [0.15, 0.2) is 0 Å². The van der Waals surface area contributed by atoms with Gasteiger partial charge in [-0.2, -0.15) is 0 Å². The van der Waals surface area contributed by atoms with Gasteiger partial charge >= 0.3 is 5.97 Å². The molecule has 19 heavy (non-hydrogen) atoms. The average Bonchev–Trinajstić information content (AvgIpc) is 2.98. The molecule has 2 rings (SSSR count). The molecule has 0 radical (unpaired) electrons. The fraction of sp³-hybridized carbons (Fsp3) is 0.533. The minimum Gasteiger partial charge on any atom is -0.496 e. The average molecular weight is 263 g/mol. The smallest absolute Gasteiger partial charge is 0.323 e. The van der Waals surface area contributed by atoms with Gasteiger partial charge < -0.3 is 14.8 Å². The number of hydrogen-bond donors (Lipinski definition) is 1. The van der Waals surface area contributed by atoms with Gasteiger partial charge in [0, 0.05) is 5.56 Å². The van der Waals surface area contributed by atoms with Gasteiger partial charge in [0.25, 0.3) is 0 Å². The van der Waals surface area contributed by atoms with Crippen molar-refractivity contribution in [3.05, 3.63) is 29.3 Å². The predicted octanol–water partition coefficient (Wildman–Crippen LogP) is 2.05. The van der Waals surface area contributed by atoms with Crippen LogP contribution < -0.4 is 10.1 Å². The van der Waals surface area contributed by atoms with E-state index in [-0.39, 0.29) is 18.6 Å². The summed E-state index contributed by atoms with van der Waals surface area (Å²) in [7, 11) is 1.63. The Morgan fingerprint density at radius 1 is 1.47 bits per heavy atom. The number of benzene rings is 1. The zero-order valence-corrected chi connectivity index (χ0v) is 11.6. The molecule has 1 N–H and O–H groups in total. The van der Waals surface area contributed by atoms with E-state index in [0.29, 0.717) is 0 Å².